The molecule has 0 fully saturated rings. The summed E-state index contributed by atoms with van der Waals surface area (Å²) in [6, 6.07) is 3.62. The molecule has 2 aromatic rings. The molecule has 70 valence electrons. The van der Waals surface area contributed by atoms with E-state index in [1.165, 1.54) is 0 Å². The number of nitrogens with zero attached hydrogens (tertiary/aromatic N) is 3. The van der Waals surface area contributed by atoms with Crippen molar-refractivity contribution in [2.45, 2.75) is 6.92 Å². The summed E-state index contributed by atoms with van der Waals surface area (Å²) in [7, 11) is 0. The number of hydrogen-bond donors (Lipinski definition) is 0. The first-order valence-electron chi connectivity index (χ1n) is 4.21. The van der Waals surface area contributed by atoms with E-state index in [9.17, 15) is 0 Å². The largest absolute Gasteiger partial charge is 0.436 e. The normalized spacial score (nSPS) is 9.79. The molecule has 0 amide bonds. The summed E-state index contributed by atoms with van der Waals surface area (Å²) >= 11 is 0. The third kappa shape index (κ3) is 2.04. The van der Waals surface area contributed by atoms with Gasteiger partial charge in [-0.2, -0.15) is 0 Å². The first-order chi connectivity index (χ1) is 6.84. The zero-order valence-electron chi connectivity index (χ0n) is 7.71. The third-order valence-corrected chi connectivity index (χ3v) is 1.61. The molecule has 0 aliphatic heterocycles. The smallest absolute Gasteiger partial charge is 0.237 e. The minimum atomic E-state index is 0.476. The lowest BCUT2D eigenvalue weighted by atomic mass is 10.5. The highest BCUT2D eigenvalue weighted by Gasteiger charge is 1.97. The maximum atomic E-state index is 5.40. The van der Waals surface area contributed by atoms with Crippen molar-refractivity contribution >= 4 is 0 Å². The molecule has 0 unspecified atom stereocenters. The van der Waals surface area contributed by atoms with E-state index in [1.54, 1.807) is 30.9 Å². The highest BCUT2D eigenvalue weighted by atomic mass is 16.5. The SMILES string of the molecule is Cc1cnc(Oc2cccnc2)cn1. The topological polar surface area (TPSA) is 47.9 Å². The van der Waals surface area contributed by atoms with Crippen LogP contribution < -0.4 is 4.74 Å². The molecule has 0 aliphatic rings. The molecule has 0 saturated heterocycles. The van der Waals surface area contributed by atoms with E-state index < -0.39 is 0 Å². The van der Waals surface area contributed by atoms with Crippen LogP contribution in [0, 0.1) is 6.92 Å². The molecule has 2 aromatic heterocycles. The fraction of sp³-hybridized carbons (Fsp3) is 0.100. The van der Waals surface area contributed by atoms with Crippen molar-refractivity contribution in [2.24, 2.45) is 0 Å². The van der Waals surface area contributed by atoms with Crippen LogP contribution in [0.1, 0.15) is 5.69 Å². The number of aryl methyl sites for hydroxylation is 1. The summed E-state index contributed by atoms with van der Waals surface area (Å²) in [5.41, 5.74) is 0.864. The molecule has 0 aromatic carbocycles. The predicted molar refractivity (Wildman–Crippen MR) is 51.1 cm³/mol. The van der Waals surface area contributed by atoms with Gasteiger partial charge in [-0.25, -0.2) is 4.98 Å². The Balaban J connectivity index is 2.16. The standard InChI is InChI=1S/C10H9N3O/c1-8-5-13-10(7-12-8)14-9-3-2-4-11-6-9/h2-7H,1H3. The summed E-state index contributed by atoms with van der Waals surface area (Å²) in [4.78, 5) is 12.1. The van der Waals surface area contributed by atoms with Gasteiger partial charge in [0.1, 0.15) is 5.75 Å². The fourth-order valence-electron chi connectivity index (χ4n) is 0.962. The van der Waals surface area contributed by atoms with E-state index in [0.29, 0.717) is 11.6 Å². The van der Waals surface area contributed by atoms with Crippen LogP contribution in [0.15, 0.2) is 36.9 Å². The Bertz CT molecular complexity index is 399. The van der Waals surface area contributed by atoms with Gasteiger partial charge in [-0.15, -0.1) is 0 Å². The van der Waals surface area contributed by atoms with Gasteiger partial charge in [0.2, 0.25) is 5.88 Å². The molecule has 4 heteroatoms. The van der Waals surface area contributed by atoms with Crippen LogP contribution in [-0.2, 0) is 0 Å². The second-order valence-corrected chi connectivity index (χ2v) is 2.79. The third-order valence-electron chi connectivity index (χ3n) is 1.61. The molecule has 0 bridgehead atoms. The lowest BCUT2D eigenvalue weighted by Gasteiger charge is -2.02. The zero-order chi connectivity index (χ0) is 9.80. The molecule has 0 aliphatic carbocycles. The lowest BCUT2D eigenvalue weighted by Crippen LogP contribution is -1.90. The van der Waals surface area contributed by atoms with E-state index in [2.05, 4.69) is 15.0 Å². The predicted octanol–water partition coefficient (Wildman–Crippen LogP) is 1.97. The second-order valence-electron chi connectivity index (χ2n) is 2.79. The van der Waals surface area contributed by atoms with E-state index in [4.69, 9.17) is 4.74 Å². The van der Waals surface area contributed by atoms with Crippen molar-refractivity contribution in [1.29, 1.82) is 0 Å². The van der Waals surface area contributed by atoms with Gasteiger partial charge in [0.05, 0.1) is 24.3 Å². The lowest BCUT2D eigenvalue weighted by molar-refractivity contribution is 0.457. The molecule has 2 rings (SSSR count). The van der Waals surface area contributed by atoms with Gasteiger partial charge < -0.3 is 4.74 Å². The number of hydrogen-bond acceptors (Lipinski definition) is 4. The molecule has 0 N–H and O–H groups in total. The first-order valence-corrected chi connectivity index (χ1v) is 4.21. The van der Waals surface area contributed by atoms with Gasteiger partial charge in [-0.3, -0.25) is 9.97 Å². The van der Waals surface area contributed by atoms with Gasteiger partial charge in [0.25, 0.3) is 0 Å². The maximum Gasteiger partial charge on any atom is 0.237 e. The molecule has 0 atom stereocenters. The summed E-state index contributed by atoms with van der Waals surface area (Å²) in [5, 5.41) is 0. The highest BCUT2D eigenvalue weighted by Crippen LogP contribution is 2.15. The Hall–Kier alpha value is -1.97. The van der Waals surface area contributed by atoms with Gasteiger partial charge in [-0.05, 0) is 19.1 Å². The monoisotopic (exact) mass is 187 g/mol. The Kier molecular flexibility index (Phi) is 2.36. The molecular weight excluding hydrogens is 178 g/mol. The summed E-state index contributed by atoms with van der Waals surface area (Å²) in [6.45, 7) is 1.88. The Morgan fingerprint density at radius 1 is 1.14 bits per heavy atom. The second kappa shape index (κ2) is 3.83. The van der Waals surface area contributed by atoms with E-state index in [-0.39, 0.29) is 0 Å². The van der Waals surface area contributed by atoms with Crippen LogP contribution in [0.2, 0.25) is 0 Å². The van der Waals surface area contributed by atoms with Crippen molar-refractivity contribution in [3.05, 3.63) is 42.6 Å². The summed E-state index contributed by atoms with van der Waals surface area (Å²) in [6.07, 6.45) is 6.56. The average Bonchev–Trinajstić information content (AvgIpc) is 2.23. The van der Waals surface area contributed by atoms with Gasteiger partial charge in [-0.1, -0.05) is 0 Å². The molecule has 2 heterocycles. The highest BCUT2D eigenvalue weighted by molar-refractivity contribution is 5.21. The molecular formula is C10H9N3O. The van der Waals surface area contributed by atoms with Crippen LogP contribution in [0.3, 0.4) is 0 Å². The van der Waals surface area contributed by atoms with Crippen LogP contribution >= 0.6 is 0 Å². The molecule has 0 saturated carbocycles. The molecule has 0 spiro atoms. The minimum absolute atomic E-state index is 0.476. The van der Waals surface area contributed by atoms with Gasteiger partial charge >= 0.3 is 0 Å². The number of aromatic nitrogens is 3. The van der Waals surface area contributed by atoms with E-state index in [0.717, 1.165) is 5.69 Å². The van der Waals surface area contributed by atoms with Crippen LogP contribution in [-0.4, -0.2) is 15.0 Å². The number of ether oxygens (including phenoxy) is 1. The van der Waals surface area contributed by atoms with Gasteiger partial charge in [0, 0.05) is 6.20 Å². The summed E-state index contributed by atoms with van der Waals surface area (Å²) < 4.78 is 5.40. The number of rotatable bonds is 2. The summed E-state index contributed by atoms with van der Waals surface area (Å²) in [5.74, 6) is 1.13. The number of pyridine rings is 1. The first kappa shape index (κ1) is 8.62. The zero-order valence-corrected chi connectivity index (χ0v) is 7.71. The van der Waals surface area contributed by atoms with Crippen molar-refractivity contribution < 1.29 is 4.74 Å². The fourth-order valence-corrected chi connectivity index (χ4v) is 0.962. The van der Waals surface area contributed by atoms with E-state index in [1.807, 2.05) is 13.0 Å². The van der Waals surface area contributed by atoms with Crippen LogP contribution in [0.5, 0.6) is 11.6 Å². The molecule has 4 nitrogen and oxygen atoms in total. The molecule has 0 radical (unpaired) electrons. The van der Waals surface area contributed by atoms with Crippen molar-refractivity contribution in [2.75, 3.05) is 0 Å². The quantitative estimate of drug-likeness (QED) is 0.721. The average molecular weight is 187 g/mol. The van der Waals surface area contributed by atoms with Crippen molar-refractivity contribution in [1.82, 2.24) is 15.0 Å². The Morgan fingerprint density at radius 2 is 2.07 bits per heavy atom. The van der Waals surface area contributed by atoms with Gasteiger partial charge in [0.15, 0.2) is 0 Å². The van der Waals surface area contributed by atoms with Crippen LogP contribution in [0.25, 0.3) is 0 Å². The van der Waals surface area contributed by atoms with E-state index >= 15 is 0 Å². The van der Waals surface area contributed by atoms with Crippen molar-refractivity contribution in [3.63, 3.8) is 0 Å². The van der Waals surface area contributed by atoms with Crippen LogP contribution in [0.4, 0.5) is 0 Å². The minimum Gasteiger partial charge on any atom is -0.436 e. The Morgan fingerprint density at radius 3 is 2.71 bits per heavy atom. The van der Waals surface area contributed by atoms with Crippen molar-refractivity contribution in [3.8, 4) is 11.6 Å². The maximum absolute atomic E-state index is 5.40. The molecule has 14 heavy (non-hydrogen) atoms. The Labute approximate surface area is 81.6 Å².